The fourth-order valence-corrected chi connectivity index (χ4v) is 3.01. The van der Waals surface area contributed by atoms with Crippen LogP contribution in [0.1, 0.15) is 21.7 Å². The molecule has 0 saturated carbocycles. The molecule has 2 aromatic heterocycles. The van der Waals surface area contributed by atoms with Crippen LogP contribution in [0, 0.1) is 0 Å². The Morgan fingerprint density at radius 2 is 2.00 bits per heavy atom. The van der Waals surface area contributed by atoms with Gasteiger partial charge in [0.25, 0.3) is 5.91 Å². The van der Waals surface area contributed by atoms with E-state index in [2.05, 4.69) is 10.1 Å². The van der Waals surface area contributed by atoms with Crippen LogP contribution in [-0.2, 0) is 13.0 Å². The molecule has 1 aliphatic rings. The summed E-state index contributed by atoms with van der Waals surface area (Å²) < 4.78 is 5.53. The van der Waals surface area contributed by atoms with E-state index >= 15 is 0 Å². The largest absolute Gasteiger partial charge is 0.356 e. The van der Waals surface area contributed by atoms with Crippen molar-refractivity contribution in [1.29, 1.82) is 0 Å². The Hall–Kier alpha value is -2.66. The molecule has 4 rings (SSSR count). The maximum absolute atomic E-state index is 12.5. The summed E-state index contributed by atoms with van der Waals surface area (Å²) >= 11 is 5.93. The first kappa shape index (κ1) is 14.9. The predicted octanol–water partition coefficient (Wildman–Crippen LogP) is 3.59. The standard InChI is InChI=1S/C18H14ClN3O2/c19-13-6-4-12(5-7-13)17-14-8-10-22(11-16(14)21-24-17)18(23)15-3-1-2-9-20-15/h1-7,9H,8,10-11H2. The first-order valence-corrected chi connectivity index (χ1v) is 8.04. The number of pyridine rings is 1. The first-order valence-electron chi connectivity index (χ1n) is 7.66. The second-order valence-corrected chi connectivity index (χ2v) is 6.07. The van der Waals surface area contributed by atoms with Gasteiger partial charge in [-0.3, -0.25) is 9.78 Å². The third-order valence-electron chi connectivity index (χ3n) is 4.12. The van der Waals surface area contributed by atoms with E-state index in [0.717, 1.165) is 22.6 Å². The molecule has 1 aromatic carbocycles. The number of carbonyl (C=O) groups is 1. The van der Waals surface area contributed by atoms with E-state index < -0.39 is 0 Å². The normalized spacial score (nSPS) is 13.6. The van der Waals surface area contributed by atoms with Gasteiger partial charge < -0.3 is 9.42 Å². The molecule has 1 amide bonds. The number of hydrogen-bond acceptors (Lipinski definition) is 4. The molecule has 5 nitrogen and oxygen atoms in total. The number of hydrogen-bond donors (Lipinski definition) is 0. The van der Waals surface area contributed by atoms with Crippen LogP contribution in [0.2, 0.25) is 5.02 Å². The van der Waals surface area contributed by atoms with Crippen LogP contribution < -0.4 is 0 Å². The lowest BCUT2D eigenvalue weighted by Crippen LogP contribution is -2.36. The van der Waals surface area contributed by atoms with Gasteiger partial charge in [0, 0.05) is 28.9 Å². The number of rotatable bonds is 2. The van der Waals surface area contributed by atoms with Crippen LogP contribution in [0.15, 0.2) is 53.2 Å². The van der Waals surface area contributed by atoms with Crippen molar-refractivity contribution in [3.05, 3.63) is 70.6 Å². The Bertz CT molecular complexity index is 875. The van der Waals surface area contributed by atoms with Gasteiger partial charge in [0.05, 0.1) is 6.54 Å². The number of fused-ring (bicyclic) bond motifs is 1. The lowest BCUT2D eigenvalue weighted by atomic mass is 10.0. The molecule has 0 saturated heterocycles. The first-order chi connectivity index (χ1) is 11.7. The molecule has 0 unspecified atom stereocenters. The fourth-order valence-electron chi connectivity index (χ4n) is 2.88. The summed E-state index contributed by atoms with van der Waals surface area (Å²) in [4.78, 5) is 18.4. The smallest absolute Gasteiger partial charge is 0.272 e. The SMILES string of the molecule is O=C(c1ccccn1)N1CCc2c(noc2-c2ccc(Cl)cc2)C1. The summed E-state index contributed by atoms with van der Waals surface area (Å²) in [6.45, 7) is 1.05. The molecule has 0 fully saturated rings. The fraction of sp³-hybridized carbons (Fsp3) is 0.167. The van der Waals surface area contributed by atoms with E-state index in [9.17, 15) is 4.79 Å². The third kappa shape index (κ3) is 2.67. The molecule has 3 heterocycles. The van der Waals surface area contributed by atoms with E-state index in [1.54, 1.807) is 23.2 Å². The van der Waals surface area contributed by atoms with Crippen molar-refractivity contribution in [3.63, 3.8) is 0 Å². The summed E-state index contributed by atoms with van der Waals surface area (Å²) in [6, 6.07) is 12.8. The Morgan fingerprint density at radius 3 is 2.75 bits per heavy atom. The molecule has 24 heavy (non-hydrogen) atoms. The number of halogens is 1. The molecule has 0 radical (unpaired) electrons. The topological polar surface area (TPSA) is 59.2 Å². The maximum Gasteiger partial charge on any atom is 0.272 e. The zero-order valence-electron chi connectivity index (χ0n) is 12.8. The van der Waals surface area contributed by atoms with Gasteiger partial charge in [0.15, 0.2) is 5.76 Å². The molecule has 0 bridgehead atoms. The summed E-state index contributed by atoms with van der Waals surface area (Å²) in [5.41, 5.74) is 3.25. The summed E-state index contributed by atoms with van der Waals surface area (Å²) in [5.74, 6) is 0.670. The highest BCUT2D eigenvalue weighted by Crippen LogP contribution is 2.31. The minimum atomic E-state index is -0.0858. The van der Waals surface area contributed by atoms with Gasteiger partial charge in [0.1, 0.15) is 11.4 Å². The Balaban J connectivity index is 1.59. The minimum absolute atomic E-state index is 0.0858. The molecule has 120 valence electrons. The molecule has 3 aromatic rings. The molecular formula is C18H14ClN3O2. The van der Waals surface area contributed by atoms with Crippen LogP contribution in [-0.4, -0.2) is 27.5 Å². The average molecular weight is 340 g/mol. The second-order valence-electron chi connectivity index (χ2n) is 5.64. The average Bonchev–Trinajstić information content (AvgIpc) is 3.05. The lowest BCUT2D eigenvalue weighted by Gasteiger charge is -2.25. The predicted molar refractivity (Wildman–Crippen MR) is 89.6 cm³/mol. The zero-order chi connectivity index (χ0) is 16.5. The number of aromatic nitrogens is 2. The quantitative estimate of drug-likeness (QED) is 0.716. The van der Waals surface area contributed by atoms with Crippen molar-refractivity contribution < 1.29 is 9.32 Å². The van der Waals surface area contributed by atoms with Gasteiger partial charge in [-0.25, -0.2) is 0 Å². The monoisotopic (exact) mass is 339 g/mol. The minimum Gasteiger partial charge on any atom is -0.356 e. The van der Waals surface area contributed by atoms with Crippen molar-refractivity contribution in [3.8, 4) is 11.3 Å². The highest BCUT2D eigenvalue weighted by Gasteiger charge is 2.28. The summed E-state index contributed by atoms with van der Waals surface area (Å²) in [5, 5.41) is 4.84. The van der Waals surface area contributed by atoms with E-state index in [4.69, 9.17) is 16.1 Å². The molecule has 6 heteroatoms. The van der Waals surface area contributed by atoms with E-state index in [1.807, 2.05) is 30.3 Å². The second kappa shape index (κ2) is 6.09. The number of benzene rings is 1. The van der Waals surface area contributed by atoms with Crippen molar-refractivity contribution in [2.24, 2.45) is 0 Å². The Labute approximate surface area is 143 Å². The Kier molecular flexibility index (Phi) is 3.78. The number of nitrogens with zero attached hydrogens (tertiary/aromatic N) is 3. The molecular weight excluding hydrogens is 326 g/mol. The van der Waals surface area contributed by atoms with Gasteiger partial charge >= 0.3 is 0 Å². The van der Waals surface area contributed by atoms with Gasteiger partial charge in [-0.05, 0) is 42.8 Å². The highest BCUT2D eigenvalue weighted by atomic mass is 35.5. The van der Waals surface area contributed by atoms with Gasteiger partial charge in [-0.1, -0.05) is 22.8 Å². The van der Waals surface area contributed by atoms with Crippen LogP contribution in [0.4, 0.5) is 0 Å². The highest BCUT2D eigenvalue weighted by molar-refractivity contribution is 6.30. The van der Waals surface area contributed by atoms with Crippen LogP contribution in [0.25, 0.3) is 11.3 Å². The Morgan fingerprint density at radius 1 is 1.17 bits per heavy atom. The number of carbonyl (C=O) groups excluding carboxylic acids is 1. The van der Waals surface area contributed by atoms with Crippen LogP contribution in [0.3, 0.4) is 0 Å². The van der Waals surface area contributed by atoms with E-state index in [1.165, 1.54) is 0 Å². The maximum atomic E-state index is 12.5. The number of amides is 1. The lowest BCUT2D eigenvalue weighted by molar-refractivity contribution is 0.0725. The van der Waals surface area contributed by atoms with Crippen molar-refractivity contribution in [1.82, 2.24) is 15.0 Å². The van der Waals surface area contributed by atoms with Crippen molar-refractivity contribution in [2.75, 3.05) is 6.54 Å². The van der Waals surface area contributed by atoms with Gasteiger partial charge in [-0.2, -0.15) is 0 Å². The van der Waals surface area contributed by atoms with E-state index in [0.29, 0.717) is 30.2 Å². The van der Waals surface area contributed by atoms with Crippen LogP contribution in [0.5, 0.6) is 0 Å². The molecule has 0 atom stereocenters. The molecule has 1 aliphatic heterocycles. The summed E-state index contributed by atoms with van der Waals surface area (Å²) in [7, 11) is 0. The van der Waals surface area contributed by atoms with Crippen LogP contribution >= 0.6 is 11.6 Å². The third-order valence-corrected chi connectivity index (χ3v) is 4.37. The van der Waals surface area contributed by atoms with Gasteiger partial charge in [-0.15, -0.1) is 0 Å². The van der Waals surface area contributed by atoms with Gasteiger partial charge in [0.2, 0.25) is 0 Å². The summed E-state index contributed by atoms with van der Waals surface area (Å²) in [6.07, 6.45) is 2.33. The molecule has 0 spiro atoms. The zero-order valence-corrected chi connectivity index (χ0v) is 13.5. The van der Waals surface area contributed by atoms with Crippen molar-refractivity contribution in [2.45, 2.75) is 13.0 Å². The molecule has 0 N–H and O–H groups in total. The van der Waals surface area contributed by atoms with Crippen molar-refractivity contribution >= 4 is 17.5 Å². The molecule has 0 aliphatic carbocycles. The van der Waals surface area contributed by atoms with E-state index in [-0.39, 0.29) is 5.91 Å².